The van der Waals surface area contributed by atoms with E-state index in [0.717, 1.165) is 10.8 Å². The monoisotopic (exact) mass is 320 g/mol. The highest BCUT2D eigenvalue weighted by atomic mass is 35.5. The van der Waals surface area contributed by atoms with Crippen LogP contribution in [0.4, 0.5) is 0 Å². The van der Waals surface area contributed by atoms with Crippen molar-refractivity contribution in [1.29, 1.82) is 0 Å². The number of hydrogen-bond donors (Lipinski definition) is 2. The van der Waals surface area contributed by atoms with E-state index in [0.29, 0.717) is 5.02 Å². The molecule has 0 amide bonds. The van der Waals surface area contributed by atoms with Gasteiger partial charge in [-0.15, -0.1) is 12.4 Å². The van der Waals surface area contributed by atoms with E-state index < -0.39 is 10.0 Å². The molecular weight excluding hydrogens is 307 g/mol. The number of fused-ring (bicyclic) bond motifs is 1. The molecule has 0 saturated carbocycles. The van der Waals surface area contributed by atoms with Gasteiger partial charge in [0.2, 0.25) is 10.0 Å². The van der Waals surface area contributed by atoms with Crippen LogP contribution >= 0.6 is 24.0 Å². The third-order valence-corrected chi connectivity index (χ3v) is 4.21. The maximum absolute atomic E-state index is 11.9. The summed E-state index contributed by atoms with van der Waals surface area (Å²) in [6, 6.07) is 10.2. The van der Waals surface area contributed by atoms with Crippen molar-refractivity contribution in [3.8, 4) is 0 Å². The molecule has 0 fully saturated rings. The van der Waals surface area contributed by atoms with Crippen LogP contribution in [0.1, 0.15) is 0 Å². The number of halogens is 2. The molecule has 0 saturated heterocycles. The first-order valence-electron chi connectivity index (χ1n) is 5.42. The summed E-state index contributed by atoms with van der Waals surface area (Å²) in [5.41, 5.74) is 5.28. The van der Waals surface area contributed by atoms with E-state index in [1.165, 1.54) is 0 Å². The molecule has 4 nitrogen and oxygen atoms in total. The van der Waals surface area contributed by atoms with Crippen molar-refractivity contribution in [3.63, 3.8) is 0 Å². The molecule has 0 atom stereocenters. The molecule has 0 aliphatic carbocycles. The summed E-state index contributed by atoms with van der Waals surface area (Å²) in [5.74, 6) is 0. The number of benzene rings is 2. The molecule has 0 radical (unpaired) electrons. The number of hydrogen-bond acceptors (Lipinski definition) is 3. The second-order valence-corrected chi connectivity index (χ2v) is 6.04. The summed E-state index contributed by atoms with van der Waals surface area (Å²) in [5, 5.41) is 2.36. The van der Waals surface area contributed by atoms with E-state index in [2.05, 4.69) is 4.72 Å². The lowest BCUT2D eigenvalue weighted by atomic mass is 10.1. The molecule has 0 unspecified atom stereocenters. The SMILES string of the molecule is Cl.NCCNS(=O)(=O)c1ccc2cc(Cl)ccc2c1. The standard InChI is InChI=1S/C12H13ClN2O2S.ClH/c13-11-3-1-10-8-12(4-2-9(10)7-11)18(16,17)15-6-5-14;/h1-4,7-8,15H,5-6,14H2;1H. The van der Waals surface area contributed by atoms with Crippen LogP contribution in [0.15, 0.2) is 41.3 Å². The van der Waals surface area contributed by atoms with Crippen LogP contribution < -0.4 is 10.5 Å². The zero-order chi connectivity index (χ0) is 13.2. The lowest BCUT2D eigenvalue weighted by molar-refractivity contribution is 0.582. The zero-order valence-electron chi connectivity index (χ0n) is 9.97. The van der Waals surface area contributed by atoms with Crippen LogP contribution in [0.25, 0.3) is 10.8 Å². The maximum atomic E-state index is 11.9. The third kappa shape index (κ3) is 3.81. The lowest BCUT2D eigenvalue weighted by Crippen LogP contribution is -2.29. The smallest absolute Gasteiger partial charge is 0.240 e. The van der Waals surface area contributed by atoms with Gasteiger partial charge in [-0.3, -0.25) is 0 Å². The summed E-state index contributed by atoms with van der Waals surface area (Å²) in [7, 11) is -3.49. The third-order valence-electron chi connectivity index (χ3n) is 2.52. The van der Waals surface area contributed by atoms with Crippen LogP contribution in [0.3, 0.4) is 0 Å². The van der Waals surface area contributed by atoms with Gasteiger partial charge in [0.25, 0.3) is 0 Å². The molecule has 0 aliphatic rings. The minimum Gasteiger partial charge on any atom is -0.329 e. The fourth-order valence-electron chi connectivity index (χ4n) is 1.64. The zero-order valence-corrected chi connectivity index (χ0v) is 12.4. The summed E-state index contributed by atoms with van der Waals surface area (Å²) in [6.45, 7) is 0.489. The highest BCUT2D eigenvalue weighted by Gasteiger charge is 2.13. The Balaban J connectivity index is 0.00000180. The number of sulfonamides is 1. The molecule has 3 N–H and O–H groups in total. The molecule has 0 bridgehead atoms. The van der Waals surface area contributed by atoms with Crippen molar-refractivity contribution in [2.75, 3.05) is 13.1 Å². The molecule has 0 aromatic heterocycles. The van der Waals surface area contributed by atoms with Crippen LogP contribution in [0.2, 0.25) is 5.02 Å². The Kier molecular flexibility index (Phi) is 5.58. The van der Waals surface area contributed by atoms with Crippen molar-refractivity contribution >= 4 is 44.8 Å². The molecule has 2 rings (SSSR count). The Labute approximate surface area is 123 Å². The molecule has 0 aliphatic heterocycles. The van der Waals surface area contributed by atoms with Gasteiger partial charge in [-0.25, -0.2) is 13.1 Å². The summed E-state index contributed by atoms with van der Waals surface area (Å²) >= 11 is 5.87. The fraction of sp³-hybridized carbons (Fsp3) is 0.167. The van der Waals surface area contributed by atoms with Gasteiger partial charge in [0.05, 0.1) is 4.90 Å². The summed E-state index contributed by atoms with van der Waals surface area (Å²) in [6.07, 6.45) is 0. The first kappa shape index (κ1) is 16.2. The Morgan fingerprint density at radius 3 is 2.42 bits per heavy atom. The van der Waals surface area contributed by atoms with E-state index in [1.807, 2.05) is 0 Å². The van der Waals surface area contributed by atoms with E-state index in [4.69, 9.17) is 17.3 Å². The van der Waals surface area contributed by atoms with Gasteiger partial charge in [0, 0.05) is 18.1 Å². The quantitative estimate of drug-likeness (QED) is 0.906. The van der Waals surface area contributed by atoms with E-state index in [1.54, 1.807) is 36.4 Å². The first-order chi connectivity index (χ1) is 8.53. The van der Waals surface area contributed by atoms with E-state index in [-0.39, 0.29) is 30.4 Å². The average Bonchev–Trinajstić information content (AvgIpc) is 2.35. The Bertz CT molecular complexity index is 674. The predicted octanol–water partition coefficient (Wildman–Crippen LogP) is 2.15. The second kappa shape index (κ2) is 6.54. The van der Waals surface area contributed by atoms with E-state index >= 15 is 0 Å². The molecule has 19 heavy (non-hydrogen) atoms. The van der Waals surface area contributed by atoms with Gasteiger partial charge in [-0.1, -0.05) is 23.7 Å². The first-order valence-corrected chi connectivity index (χ1v) is 7.28. The molecule has 104 valence electrons. The Morgan fingerprint density at radius 1 is 1.11 bits per heavy atom. The molecule has 2 aromatic rings. The molecule has 2 aromatic carbocycles. The largest absolute Gasteiger partial charge is 0.329 e. The maximum Gasteiger partial charge on any atom is 0.240 e. The molecule has 0 spiro atoms. The van der Waals surface area contributed by atoms with Crippen molar-refractivity contribution in [1.82, 2.24) is 4.72 Å². The topological polar surface area (TPSA) is 72.2 Å². The van der Waals surface area contributed by atoms with Crippen molar-refractivity contribution in [3.05, 3.63) is 41.4 Å². The number of nitrogens with one attached hydrogen (secondary N) is 1. The number of rotatable bonds is 4. The van der Waals surface area contributed by atoms with Crippen molar-refractivity contribution in [2.45, 2.75) is 4.90 Å². The summed E-state index contributed by atoms with van der Waals surface area (Å²) < 4.78 is 26.2. The van der Waals surface area contributed by atoms with Gasteiger partial charge in [0.15, 0.2) is 0 Å². The van der Waals surface area contributed by atoms with E-state index in [9.17, 15) is 8.42 Å². The second-order valence-electron chi connectivity index (χ2n) is 3.84. The average molecular weight is 321 g/mol. The summed E-state index contributed by atoms with van der Waals surface area (Å²) in [4.78, 5) is 0.228. The van der Waals surface area contributed by atoms with Crippen molar-refractivity contribution < 1.29 is 8.42 Å². The Hall–Kier alpha value is -0.850. The van der Waals surface area contributed by atoms with Crippen LogP contribution in [-0.4, -0.2) is 21.5 Å². The number of nitrogens with two attached hydrogens (primary N) is 1. The van der Waals surface area contributed by atoms with Crippen LogP contribution in [0.5, 0.6) is 0 Å². The highest BCUT2D eigenvalue weighted by Crippen LogP contribution is 2.22. The predicted molar refractivity (Wildman–Crippen MR) is 80.4 cm³/mol. The van der Waals surface area contributed by atoms with Crippen molar-refractivity contribution in [2.24, 2.45) is 5.73 Å². The fourth-order valence-corrected chi connectivity index (χ4v) is 2.90. The highest BCUT2D eigenvalue weighted by molar-refractivity contribution is 7.89. The lowest BCUT2D eigenvalue weighted by Gasteiger charge is -2.07. The Morgan fingerprint density at radius 2 is 1.74 bits per heavy atom. The van der Waals surface area contributed by atoms with Crippen LogP contribution in [-0.2, 0) is 10.0 Å². The van der Waals surface area contributed by atoms with Gasteiger partial charge >= 0.3 is 0 Å². The van der Waals surface area contributed by atoms with Crippen LogP contribution in [0, 0.1) is 0 Å². The van der Waals surface area contributed by atoms with Gasteiger partial charge < -0.3 is 5.73 Å². The van der Waals surface area contributed by atoms with Gasteiger partial charge in [-0.2, -0.15) is 0 Å². The van der Waals surface area contributed by atoms with Gasteiger partial charge in [-0.05, 0) is 35.0 Å². The minimum absolute atomic E-state index is 0. The van der Waals surface area contributed by atoms with Gasteiger partial charge in [0.1, 0.15) is 0 Å². The molecule has 7 heteroatoms. The normalized spacial score (nSPS) is 11.3. The molecular formula is C12H14Cl2N2O2S. The molecule has 0 heterocycles. The minimum atomic E-state index is -3.49.